The molecule has 14 heavy (non-hydrogen) atoms. The second kappa shape index (κ2) is 2.77. The van der Waals surface area contributed by atoms with E-state index >= 15 is 0 Å². The highest BCUT2D eigenvalue weighted by molar-refractivity contribution is 5.15. The highest BCUT2D eigenvalue weighted by Crippen LogP contribution is 2.75. The third kappa shape index (κ3) is 1.85. The molecule has 0 radical (unpaired) electrons. The molecule has 1 rings (SSSR count). The van der Waals surface area contributed by atoms with Gasteiger partial charge in [0.2, 0.25) is 0 Å². The minimum Gasteiger partial charge on any atom is -0.0602 e. The molecule has 0 amide bonds. The fourth-order valence-corrected chi connectivity index (χ4v) is 3.46. The zero-order valence-corrected chi connectivity index (χ0v) is 11.4. The van der Waals surface area contributed by atoms with Crippen LogP contribution in [-0.2, 0) is 0 Å². The Hall–Kier alpha value is 0. The molecular weight excluding hydrogens is 168 g/mol. The van der Waals surface area contributed by atoms with Crippen molar-refractivity contribution in [2.45, 2.75) is 68.2 Å². The first-order valence-corrected chi connectivity index (χ1v) is 5.91. The van der Waals surface area contributed by atoms with Crippen LogP contribution in [0.4, 0.5) is 0 Å². The Kier molecular flexibility index (Phi) is 2.39. The lowest BCUT2D eigenvalue weighted by Crippen LogP contribution is -2.31. The quantitative estimate of drug-likeness (QED) is 0.560. The summed E-state index contributed by atoms with van der Waals surface area (Å²) < 4.78 is 0. The Labute approximate surface area is 90.5 Å². The predicted molar refractivity (Wildman–Crippen MR) is 64.4 cm³/mol. The fraction of sp³-hybridized carbons (Fsp3) is 1.00. The van der Waals surface area contributed by atoms with Gasteiger partial charge >= 0.3 is 0 Å². The molecule has 0 nitrogen and oxygen atoms in total. The van der Waals surface area contributed by atoms with Gasteiger partial charge in [-0.1, -0.05) is 55.4 Å². The molecule has 1 saturated carbocycles. The van der Waals surface area contributed by atoms with E-state index in [9.17, 15) is 0 Å². The lowest BCUT2D eigenvalue weighted by atomic mass is 9.66. The fourth-order valence-electron chi connectivity index (χ4n) is 3.46. The van der Waals surface area contributed by atoms with Crippen LogP contribution in [0.5, 0.6) is 0 Å². The van der Waals surface area contributed by atoms with Crippen molar-refractivity contribution in [2.24, 2.45) is 21.7 Å². The van der Waals surface area contributed by atoms with Crippen LogP contribution in [0.15, 0.2) is 0 Å². The van der Waals surface area contributed by atoms with E-state index in [-0.39, 0.29) is 0 Å². The third-order valence-corrected chi connectivity index (χ3v) is 4.18. The van der Waals surface area contributed by atoms with E-state index < -0.39 is 0 Å². The molecule has 0 aromatic rings. The molecule has 1 unspecified atom stereocenters. The summed E-state index contributed by atoms with van der Waals surface area (Å²) in [6.45, 7) is 19.2. The second-order valence-corrected chi connectivity index (χ2v) is 8.13. The van der Waals surface area contributed by atoms with Gasteiger partial charge in [0.05, 0.1) is 0 Å². The summed E-state index contributed by atoms with van der Waals surface area (Å²) in [6.07, 6.45) is 2.76. The van der Waals surface area contributed by atoms with Crippen molar-refractivity contribution in [3.05, 3.63) is 0 Å². The maximum absolute atomic E-state index is 2.43. The first-order valence-electron chi connectivity index (χ1n) is 5.91. The lowest BCUT2D eigenvalue weighted by Gasteiger charge is -2.39. The average molecular weight is 196 g/mol. The summed E-state index contributed by atoms with van der Waals surface area (Å²) in [7, 11) is 0. The van der Waals surface area contributed by atoms with Crippen molar-refractivity contribution in [1.29, 1.82) is 0 Å². The third-order valence-electron chi connectivity index (χ3n) is 4.18. The van der Waals surface area contributed by atoms with Gasteiger partial charge in [-0.25, -0.2) is 0 Å². The largest absolute Gasteiger partial charge is 0.0602 e. The maximum atomic E-state index is 2.43. The highest BCUT2D eigenvalue weighted by Gasteiger charge is 2.66. The smallest absolute Gasteiger partial charge is 0.0187 e. The molecule has 0 aromatic heterocycles. The van der Waals surface area contributed by atoms with Gasteiger partial charge in [-0.15, -0.1) is 0 Å². The summed E-state index contributed by atoms with van der Waals surface area (Å²) >= 11 is 0. The van der Waals surface area contributed by atoms with Gasteiger partial charge in [0.1, 0.15) is 0 Å². The summed E-state index contributed by atoms with van der Waals surface area (Å²) in [6, 6.07) is 0. The normalized spacial score (nSPS) is 31.7. The van der Waals surface area contributed by atoms with Crippen molar-refractivity contribution < 1.29 is 0 Å². The summed E-state index contributed by atoms with van der Waals surface area (Å²) in [4.78, 5) is 0. The van der Waals surface area contributed by atoms with Gasteiger partial charge in [-0.3, -0.25) is 0 Å². The molecule has 1 aliphatic carbocycles. The average Bonchev–Trinajstić information content (AvgIpc) is 2.27. The Balaban J connectivity index is 2.90. The first kappa shape index (κ1) is 12.1. The minimum atomic E-state index is 0.448. The number of rotatable bonds is 1. The molecule has 0 spiro atoms. The van der Waals surface area contributed by atoms with Crippen LogP contribution in [0.2, 0.25) is 0 Å². The van der Waals surface area contributed by atoms with Crippen molar-refractivity contribution >= 4 is 0 Å². The second-order valence-electron chi connectivity index (χ2n) is 8.13. The standard InChI is InChI=1S/C14H28/c1-11(2,3)9-14(12(4,5)6)10-13(14,7)8/h9-10H2,1-8H3. The van der Waals surface area contributed by atoms with Crippen LogP contribution in [0.25, 0.3) is 0 Å². The Morgan fingerprint density at radius 3 is 1.36 bits per heavy atom. The van der Waals surface area contributed by atoms with Gasteiger partial charge in [0.25, 0.3) is 0 Å². The maximum Gasteiger partial charge on any atom is -0.0187 e. The lowest BCUT2D eigenvalue weighted by molar-refractivity contribution is 0.103. The molecule has 0 bridgehead atoms. The Morgan fingerprint density at radius 2 is 1.29 bits per heavy atom. The van der Waals surface area contributed by atoms with Crippen LogP contribution in [0, 0.1) is 21.7 Å². The zero-order valence-electron chi connectivity index (χ0n) is 11.4. The van der Waals surface area contributed by atoms with E-state index in [1.165, 1.54) is 12.8 Å². The van der Waals surface area contributed by atoms with Crippen LogP contribution in [0.3, 0.4) is 0 Å². The molecule has 1 aliphatic rings. The molecule has 1 fully saturated rings. The SMILES string of the molecule is CC(C)(C)CC1(C(C)(C)C)CC1(C)C. The van der Waals surface area contributed by atoms with Crippen molar-refractivity contribution in [2.75, 3.05) is 0 Å². The summed E-state index contributed by atoms with van der Waals surface area (Å²) in [5, 5.41) is 0. The first-order chi connectivity index (χ1) is 5.91. The van der Waals surface area contributed by atoms with Crippen molar-refractivity contribution in [3.8, 4) is 0 Å². The Morgan fingerprint density at radius 1 is 0.929 bits per heavy atom. The van der Waals surface area contributed by atoms with Gasteiger partial charge in [0.15, 0.2) is 0 Å². The zero-order chi connectivity index (χ0) is 11.4. The molecule has 84 valence electrons. The van der Waals surface area contributed by atoms with E-state index in [1.54, 1.807) is 0 Å². The molecular formula is C14H28. The molecule has 0 heterocycles. The van der Waals surface area contributed by atoms with Gasteiger partial charge < -0.3 is 0 Å². The predicted octanol–water partition coefficient (Wildman–Crippen LogP) is 4.89. The van der Waals surface area contributed by atoms with Crippen LogP contribution in [-0.4, -0.2) is 0 Å². The number of hydrogen-bond donors (Lipinski definition) is 0. The number of hydrogen-bond acceptors (Lipinski definition) is 0. The Bertz CT molecular complexity index is 221. The van der Waals surface area contributed by atoms with Gasteiger partial charge in [-0.2, -0.15) is 0 Å². The molecule has 0 aliphatic heterocycles. The van der Waals surface area contributed by atoms with Crippen LogP contribution >= 0.6 is 0 Å². The van der Waals surface area contributed by atoms with E-state index in [2.05, 4.69) is 55.4 Å². The van der Waals surface area contributed by atoms with E-state index in [0.29, 0.717) is 21.7 Å². The van der Waals surface area contributed by atoms with Gasteiger partial charge in [0, 0.05) is 0 Å². The van der Waals surface area contributed by atoms with E-state index in [4.69, 9.17) is 0 Å². The van der Waals surface area contributed by atoms with Gasteiger partial charge in [-0.05, 0) is 34.5 Å². The van der Waals surface area contributed by atoms with Crippen LogP contribution in [0.1, 0.15) is 68.2 Å². The molecule has 0 saturated heterocycles. The highest BCUT2D eigenvalue weighted by atomic mass is 14.7. The summed E-state index contributed by atoms with van der Waals surface area (Å²) in [5.74, 6) is 0. The minimum absolute atomic E-state index is 0.448. The van der Waals surface area contributed by atoms with E-state index in [0.717, 1.165) is 0 Å². The topological polar surface area (TPSA) is 0 Å². The van der Waals surface area contributed by atoms with Crippen LogP contribution < -0.4 is 0 Å². The van der Waals surface area contributed by atoms with E-state index in [1.807, 2.05) is 0 Å². The molecule has 0 heteroatoms. The molecule has 0 aromatic carbocycles. The molecule has 0 N–H and O–H groups in total. The monoisotopic (exact) mass is 196 g/mol. The molecule has 1 atom stereocenters. The summed E-state index contributed by atoms with van der Waals surface area (Å²) in [5.41, 5.74) is 2.03. The van der Waals surface area contributed by atoms with Crippen molar-refractivity contribution in [1.82, 2.24) is 0 Å². The van der Waals surface area contributed by atoms with Crippen molar-refractivity contribution in [3.63, 3.8) is 0 Å².